The summed E-state index contributed by atoms with van der Waals surface area (Å²) in [6.45, 7) is 7.53. The van der Waals surface area contributed by atoms with Gasteiger partial charge in [0.1, 0.15) is 0 Å². The lowest BCUT2D eigenvalue weighted by atomic mass is 9.84. The van der Waals surface area contributed by atoms with Gasteiger partial charge in [0.05, 0.1) is 18.6 Å². The molecule has 0 amide bonds. The zero-order valence-corrected chi connectivity index (χ0v) is 7.45. The number of hydrogen-bond acceptors (Lipinski definition) is 2. The van der Waals surface area contributed by atoms with Crippen LogP contribution >= 0.6 is 0 Å². The molecule has 0 aliphatic rings. The summed E-state index contributed by atoms with van der Waals surface area (Å²) in [5.74, 6) is 0. The zero-order chi connectivity index (χ0) is 9.19. The molecule has 0 radical (unpaired) electrons. The summed E-state index contributed by atoms with van der Waals surface area (Å²) in [4.78, 5) is 0. The standard InChI is InChI=1S/C10H14O2/c1-4-10(2,3)9(11)8-5-6-12-7-8/h4-7,9,11H,1H2,2-3H3. The van der Waals surface area contributed by atoms with Crippen molar-refractivity contribution in [2.45, 2.75) is 20.0 Å². The van der Waals surface area contributed by atoms with Crippen molar-refractivity contribution in [2.75, 3.05) is 0 Å². The van der Waals surface area contributed by atoms with Crippen molar-refractivity contribution in [3.63, 3.8) is 0 Å². The number of hydrogen-bond donors (Lipinski definition) is 1. The highest BCUT2D eigenvalue weighted by Gasteiger charge is 2.26. The molecule has 1 aromatic rings. The first-order chi connectivity index (χ1) is 5.58. The van der Waals surface area contributed by atoms with Crippen molar-refractivity contribution >= 4 is 0 Å². The molecule has 1 heterocycles. The van der Waals surface area contributed by atoms with Gasteiger partial charge in [-0.25, -0.2) is 0 Å². The molecule has 12 heavy (non-hydrogen) atoms. The molecule has 0 aliphatic carbocycles. The fourth-order valence-corrected chi connectivity index (χ4v) is 0.972. The topological polar surface area (TPSA) is 33.4 Å². The van der Waals surface area contributed by atoms with Crippen LogP contribution in [0.4, 0.5) is 0 Å². The van der Waals surface area contributed by atoms with Gasteiger partial charge in [0, 0.05) is 11.0 Å². The van der Waals surface area contributed by atoms with Crippen LogP contribution in [0.5, 0.6) is 0 Å². The van der Waals surface area contributed by atoms with Crippen LogP contribution in [0.3, 0.4) is 0 Å². The van der Waals surface area contributed by atoms with Gasteiger partial charge in [0.25, 0.3) is 0 Å². The smallest absolute Gasteiger partial charge is 0.0960 e. The molecule has 2 nitrogen and oxygen atoms in total. The summed E-state index contributed by atoms with van der Waals surface area (Å²) in [6, 6.07) is 1.76. The van der Waals surface area contributed by atoms with E-state index in [1.165, 1.54) is 0 Å². The monoisotopic (exact) mass is 166 g/mol. The Hall–Kier alpha value is -1.02. The maximum atomic E-state index is 9.81. The maximum absolute atomic E-state index is 9.81. The average molecular weight is 166 g/mol. The van der Waals surface area contributed by atoms with Crippen LogP contribution in [0, 0.1) is 5.41 Å². The van der Waals surface area contributed by atoms with Crippen molar-refractivity contribution in [1.29, 1.82) is 0 Å². The number of aliphatic hydroxyl groups excluding tert-OH is 1. The molecular weight excluding hydrogens is 152 g/mol. The molecule has 0 aliphatic heterocycles. The van der Waals surface area contributed by atoms with E-state index in [2.05, 4.69) is 6.58 Å². The molecule has 1 unspecified atom stereocenters. The zero-order valence-electron chi connectivity index (χ0n) is 7.45. The van der Waals surface area contributed by atoms with Gasteiger partial charge in [-0.05, 0) is 6.07 Å². The van der Waals surface area contributed by atoms with Crippen LogP contribution in [0.25, 0.3) is 0 Å². The first-order valence-corrected chi connectivity index (χ1v) is 3.91. The molecule has 0 fully saturated rings. The molecule has 0 aromatic carbocycles. The van der Waals surface area contributed by atoms with E-state index in [4.69, 9.17) is 4.42 Å². The minimum atomic E-state index is -0.547. The van der Waals surface area contributed by atoms with Crippen LogP contribution in [0.15, 0.2) is 35.7 Å². The fourth-order valence-electron chi connectivity index (χ4n) is 0.972. The second-order valence-corrected chi connectivity index (χ2v) is 3.48. The van der Waals surface area contributed by atoms with Crippen LogP contribution in [0.2, 0.25) is 0 Å². The van der Waals surface area contributed by atoms with Gasteiger partial charge in [0.2, 0.25) is 0 Å². The molecule has 1 rings (SSSR count). The summed E-state index contributed by atoms with van der Waals surface area (Å²) >= 11 is 0. The average Bonchev–Trinajstić information content (AvgIpc) is 2.55. The summed E-state index contributed by atoms with van der Waals surface area (Å²) in [7, 11) is 0. The minimum absolute atomic E-state index is 0.316. The van der Waals surface area contributed by atoms with E-state index in [0.29, 0.717) is 0 Å². The van der Waals surface area contributed by atoms with Gasteiger partial charge < -0.3 is 9.52 Å². The molecule has 0 saturated carbocycles. The van der Waals surface area contributed by atoms with Crippen molar-refractivity contribution < 1.29 is 9.52 Å². The van der Waals surface area contributed by atoms with E-state index in [-0.39, 0.29) is 5.41 Å². The van der Waals surface area contributed by atoms with Gasteiger partial charge in [-0.1, -0.05) is 19.9 Å². The Morgan fingerprint density at radius 1 is 1.67 bits per heavy atom. The quantitative estimate of drug-likeness (QED) is 0.700. The van der Waals surface area contributed by atoms with E-state index in [1.807, 2.05) is 13.8 Å². The molecule has 1 atom stereocenters. The molecule has 1 aromatic heterocycles. The molecule has 2 heteroatoms. The second kappa shape index (κ2) is 3.15. The van der Waals surface area contributed by atoms with Gasteiger partial charge >= 0.3 is 0 Å². The second-order valence-electron chi connectivity index (χ2n) is 3.48. The minimum Gasteiger partial charge on any atom is -0.472 e. The molecule has 0 bridgehead atoms. The van der Waals surface area contributed by atoms with Gasteiger partial charge in [-0.3, -0.25) is 0 Å². The predicted octanol–water partition coefficient (Wildman–Crippen LogP) is 2.53. The first kappa shape index (κ1) is 9.07. The van der Waals surface area contributed by atoms with Gasteiger partial charge in [-0.2, -0.15) is 0 Å². The number of aliphatic hydroxyl groups is 1. The first-order valence-electron chi connectivity index (χ1n) is 3.91. The molecule has 66 valence electrons. The van der Waals surface area contributed by atoms with Crippen molar-refractivity contribution in [1.82, 2.24) is 0 Å². The normalized spacial score (nSPS) is 14.2. The summed E-state index contributed by atoms with van der Waals surface area (Å²) in [6.07, 6.45) is 4.30. The maximum Gasteiger partial charge on any atom is 0.0960 e. The van der Waals surface area contributed by atoms with Crippen molar-refractivity contribution in [2.24, 2.45) is 5.41 Å². The molecule has 1 N–H and O–H groups in total. The van der Waals surface area contributed by atoms with Crippen molar-refractivity contribution in [3.8, 4) is 0 Å². The third-order valence-corrected chi connectivity index (χ3v) is 2.09. The van der Waals surface area contributed by atoms with Crippen LogP contribution < -0.4 is 0 Å². The van der Waals surface area contributed by atoms with Crippen molar-refractivity contribution in [3.05, 3.63) is 36.8 Å². The number of rotatable bonds is 3. The fraction of sp³-hybridized carbons (Fsp3) is 0.400. The van der Waals surface area contributed by atoms with E-state index >= 15 is 0 Å². The highest BCUT2D eigenvalue weighted by Crippen LogP contribution is 2.33. The highest BCUT2D eigenvalue weighted by atomic mass is 16.3. The van der Waals surface area contributed by atoms with E-state index < -0.39 is 6.10 Å². The molecular formula is C10H14O2. The van der Waals surface area contributed by atoms with Crippen LogP contribution in [0.1, 0.15) is 25.5 Å². The molecule has 0 spiro atoms. The van der Waals surface area contributed by atoms with Gasteiger partial charge in [-0.15, -0.1) is 6.58 Å². The Morgan fingerprint density at radius 2 is 2.33 bits per heavy atom. The van der Waals surface area contributed by atoms with E-state index in [9.17, 15) is 5.11 Å². The number of furan rings is 1. The van der Waals surface area contributed by atoms with Crippen LogP contribution in [-0.4, -0.2) is 5.11 Å². The Morgan fingerprint density at radius 3 is 2.75 bits per heavy atom. The Labute approximate surface area is 72.5 Å². The third-order valence-electron chi connectivity index (χ3n) is 2.09. The van der Waals surface area contributed by atoms with E-state index in [0.717, 1.165) is 5.56 Å². The largest absolute Gasteiger partial charge is 0.472 e. The summed E-state index contributed by atoms with van der Waals surface area (Å²) < 4.78 is 4.88. The third kappa shape index (κ3) is 1.59. The predicted molar refractivity (Wildman–Crippen MR) is 47.6 cm³/mol. The van der Waals surface area contributed by atoms with Gasteiger partial charge in [0.15, 0.2) is 0 Å². The Kier molecular flexibility index (Phi) is 2.38. The Balaban J connectivity index is 2.85. The van der Waals surface area contributed by atoms with Crippen LogP contribution in [-0.2, 0) is 0 Å². The Bertz CT molecular complexity index is 247. The van der Waals surface area contributed by atoms with E-state index in [1.54, 1.807) is 24.7 Å². The summed E-state index contributed by atoms with van der Waals surface area (Å²) in [5, 5.41) is 9.81. The summed E-state index contributed by atoms with van der Waals surface area (Å²) in [5.41, 5.74) is 0.476. The lowest BCUT2D eigenvalue weighted by molar-refractivity contribution is 0.0816. The SMILES string of the molecule is C=CC(C)(C)C(O)c1ccoc1. The lowest BCUT2D eigenvalue weighted by Gasteiger charge is -2.25. The molecule has 0 saturated heterocycles. The lowest BCUT2D eigenvalue weighted by Crippen LogP contribution is -2.18. The highest BCUT2D eigenvalue weighted by molar-refractivity contribution is 5.14.